The molecule has 44 heavy (non-hydrogen) atoms. The summed E-state index contributed by atoms with van der Waals surface area (Å²) in [6.07, 6.45) is 3.34. The van der Waals surface area contributed by atoms with Crippen molar-refractivity contribution in [3.05, 3.63) is 56.2 Å². The SMILES string of the molecule is COc1c(C)cnc(CN2C(=O)C(=Cc3[nH]c(C)c(C(=O)NCCN4CCS(=O)(=O)CC4)c3C)c3c(Cl)nc(N)nc32)c1C. The standard InChI is InChI=1S/C29H35ClN8O5S/c1-15-13-33-21(17(3)24(15)43-5)14-38-26-23(25(30)35-29(31)36-26)19(28(38)40)12-20-16(2)22(18(4)34-20)27(39)32-6-7-37-8-10-44(41,42)11-9-37/h12-13,34H,6-11,14H2,1-5H3,(H,32,39)(H2,31,35,36). The van der Waals surface area contributed by atoms with Gasteiger partial charge in [0.25, 0.3) is 11.8 Å². The Hall–Kier alpha value is -4.01. The molecular weight excluding hydrogens is 608 g/mol. The van der Waals surface area contributed by atoms with Gasteiger partial charge in [-0.15, -0.1) is 0 Å². The van der Waals surface area contributed by atoms with E-state index in [0.717, 1.165) is 11.1 Å². The summed E-state index contributed by atoms with van der Waals surface area (Å²) in [7, 11) is -1.38. The molecule has 0 unspecified atom stereocenters. The molecule has 234 valence electrons. The van der Waals surface area contributed by atoms with E-state index in [1.807, 2.05) is 18.7 Å². The van der Waals surface area contributed by atoms with E-state index >= 15 is 0 Å². The second kappa shape index (κ2) is 12.2. The van der Waals surface area contributed by atoms with Gasteiger partial charge < -0.3 is 20.8 Å². The average molecular weight is 643 g/mol. The lowest BCUT2D eigenvalue weighted by Gasteiger charge is -2.26. The maximum absolute atomic E-state index is 13.9. The number of anilines is 2. The van der Waals surface area contributed by atoms with Gasteiger partial charge >= 0.3 is 0 Å². The number of fused-ring (bicyclic) bond motifs is 1. The highest BCUT2D eigenvalue weighted by Gasteiger charge is 2.38. The van der Waals surface area contributed by atoms with Gasteiger partial charge in [-0.25, -0.2) is 13.4 Å². The number of rotatable bonds is 8. The Morgan fingerprint density at radius 1 is 1.18 bits per heavy atom. The summed E-state index contributed by atoms with van der Waals surface area (Å²) in [5.74, 6) is 0.499. The van der Waals surface area contributed by atoms with Gasteiger partial charge in [-0.2, -0.15) is 4.98 Å². The lowest BCUT2D eigenvalue weighted by molar-refractivity contribution is -0.113. The molecule has 13 nitrogen and oxygen atoms in total. The second-order valence-electron chi connectivity index (χ2n) is 11.0. The molecule has 1 fully saturated rings. The first-order valence-electron chi connectivity index (χ1n) is 14.1. The van der Waals surface area contributed by atoms with Crippen molar-refractivity contribution in [2.24, 2.45) is 0 Å². The lowest BCUT2D eigenvalue weighted by atomic mass is 10.1. The number of amides is 2. The molecule has 2 aliphatic rings. The topological polar surface area (TPSA) is 176 Å². The van der Waals surface area contributed by atoms with Gasteiger partial charge in [-0.3, -0.25) is 24.4 Å². The molecule has 0 radical (unpaired) electrons. The number of hydrogen-bond donors (Lipinski definition) is 3. The molecule has 0 aliphatic carbocycles. The molecule has 4 N–H and O–H groups in total. The van der Waals surface area contributed by atoms with Crippen LogP contribution in [0.5, 0.6) is 5.75 Å². The number of nitrogen functional groups attached to an aromatic ring is 1. The molecule has 2 amide bonds. The fourth-order valence-electron chi connectivity index (χ4n) is 5.67. The fraction of sp³-hybridized carbons (Fsp3) is 0.414. The van der Waals surface area contributed by atoms with Gasteiger partial charge in [0.1, 0.15) is 10.9 Å². The van der Waals surface area contributed by atoms with E-state index < -0.39 is 9.84 Å². The maximum Gasteiger partial charge on any atom is 0.260 e. The quantitative estimate of drug-likeness (QED) is 0.244. The number of aromatic amines is 1. The van der Waals surface area contributed by atoms with Crippen LogP contribution in [0.1, 0.15) is 49.7 Å². The highest BCUT2D eigenvalue weighted by Crippen LogP contribution is 2.42. The molecule has 0 bridgehead atoms. The first kappa shape index (κ1) is 31.4. The Labute approximate surface area is 260 Å². The van der Waals surface area contributed by atoms with Crippen molar-refractivity contribution in [3.8, 4) is 5.75 Å². The number of methoxy groups -OCH3 is 1. The summed E-state index contributed by atoms with van der Waals surface area (Å²) < 4.78 is 28.9. The number of nitrogens with zero attached hydrogens (tertiary/aromatic N) is 5. The van der Waals surface area contributed by atoms with Gasteiger partial charge in [0.05, 0.1) is 47.6 Å². The monoisotopic (exact) mass is 642 g/mol. The Bertz CT molecular complexity index is 1790. The van der Waals surface area contributed by atoms with E-state index in [1.54, 1.807) is 33.2 Å². The molecule has 1 saturated heterocycles. The van der Waals surface area contributed by atoms with Crippen LogP contribution in [0.15, 0.2) is 6.20 Å². The first-order chi connectivity index (χ1) is 20.8. The summed E-state index contributed by atoms with van der Waals surface area (Å²) in [6, 6.07) is 0. The molecule has 3 aromatic rings. The third-order valence-corrected chi connectivity index (χ3v) is 9.95. The molecule has 3 aromatic heterocycles. The smallest absolute Gasteiger partial charge is 0.260 e. The predicted molar refractivity (Wildman–Crippen MR) is 168 cm³/mol. The van der Waals surface area contributed by atoms with Crippen LogP contribution in [0.2, 0.25) is 5.15 Å². The largest absolute Gasteiger partial charge is 0.496 e. The number of aryl methyl sites for hydroxylation is 2. The van der Waals surface area contributed by atoms with Crippen molar-refractivity contribution < 1.29 is 22.7 Å². The highest BCUT2D eigenvalue weighted by molar-refractivity contribution is 7.91. The summed E-state index contributed by atoms with van der Waals surface area (Å²) in [4.78, 5) is 46.8. The van der Waals surface area contributed by atoms with Gasteiger partial charge in [-0.05, 0) is 39.3 Å². The molecule has 15 heteroatoms. The lowest BCUT2D eigenvalue weighted by Crippen LogP contribution is -2.43. The third-order valence-electron chi connectivity index (χ3n) is 8.06. The van der Waals surface area contributed by atoms with Crippen molar-refractivity contribution in [3.63, 3.8) is 0 Å². The number of halogens is 1. The van der Waals surface area contributed by atoms with Crippen LogP contribution in [0, 0.1) is 27.7 Å². The number of nitrogens with one attached hydrogen (secondary N) is 2. The number of pyridine rings is 1. The molecule has 0 atom stereocenters. The van der Waals surface area contributed by atoms with Crippen molar-refractivity contribution in [2.75, 3.05) is 55.4 Å². The number of carbonyl (C=O) groups excluding carboxylic acids is 2. The number of H-pyrrole nitrogens is 1. The van der Waals surface area contributed by atoms with E-state index in [0.29, 0.717) is 65.7 Å². The zero-order valence-corrected chi connectivity index (χ0v) is 26.8. The Balaban J connectivity index is 1.41. The number of aromatic nitrogens is 4. The second-order valence-corrected chi connectivity index (χ2v) is 13.6. The molecule has 5 rings (SSSR count). The van der Waals surface area contributed by atoms with Gasteiger partial charge in [-0.1, -0.05) is 11.6 Å². The van der Waals surface area contributed by atoms with Crippen molar-refractivity contribution in [1.82, 2.24) is 30.2 Å². The molecule has 0 spiro atoms. The summed E-state index contributed by atoms with van der Waals surface area (Å²) in [5, 5.41) is 2.96. The maximum atomic E-state index is 13.9. The minimum absolute atomic E-state index is 0.0326. The predicted octanol–water partition coefficient (Wildman–Crippen LogP) is 2.23. The summed E-state index contributed by atoms with van der Waals surface area (Å²) in [6.45, 7) is 9.27. The number of hydrogen-bond acceptors (Lipinski definition) is 10. The third kappa shape index (κ3) is 6.01. The molecular formula is C29H35ClN8O5S. The zero-order valence-electron chi connectivity index (χ0n) is 25.2. The average Bonchev–Trinajstić information content (AvgIpc) is 3.38. The van der Waals surface area contributed by atoms with E-state index in [-0.39, 0.29) is 52.4 Å². The van der Waals surface area contributed by atoms with E-state index in [2.05, 4.69) is 25.3 Å². The Morgan fingerprint density at radius 2 is 1.89 bits per heavy atom. The van der Waals surface area contributed by atoms with Crippen LogP contribution in [-0.2, 0) is 21.2 Å². The van der Waals surface area contributed by atoms with E-state index in [4.69, 9.17) is 22.1 Å². The van der Waals surface area contributed by atoms with Crippen molar-refractivity contribution in [1.29, 1.82) is 0 Å². The molecule has 0 aromatic carbocycles. The molecule has 5 heterocycles. The van der Waals surface area contributed by atoms with Gasteiger partial charge in [0.2, 0.25) is 5.95 Å². The van der Waals surface area contributed by atoms with Gasteiger partial charge in [0, 0.05) is 54.9 Å². The van der Waals surface area contributed by atoms with E-state index in [9.17, 15) is 18.0 Å². The minimum Gasteiger partial charge on any atom is -0.496 e. The van der Waals surface area contributed by atoms with Crippen LogP contribution in [0.25, 0.3) is 11.6 Å². The summed E-state index contributed by atoms with van der Waals surface area (Å²) >= 11 is 6.53. The van der Waals surface area contributed by atoms with Gasteiger partial charge in [0.15, 0.2) is 15.7 Å². The zero-order chi connectivity index (χ0) is 31.9. The minimum atomic E-state index is -2.97. The van der Waals surface area contributed by atoms with Crippen molar-refractivity contribution in [2.45, 2.75) is 34.2 Å². The summed E-state index contributed by atoms with van der Waals surface area (Å²) in [5.41, 5.74) is 11.1. The number of nitrogens with two attached hydrogens (primary N) is 1. The van der Waals surface area contributed by atoms with E-state index in [1.165, 1.54) is 4.90 Å². The van der Waals surface area contributed by atoms with Crippen molar-refractivity contribution >= 4 is 56.7 Å². The van der Waals surface area contributed by atoms with Crippen LogP contribution in [-0.4, -0.2) is 89.9 Å². The Morgan fingerprint density at radius 3 is 2.57 bits per heavy atom. The molecule has 0 saturated carbocycles. The fourth-order valence-corrected chi connectivity index (χ4v) is 7.22. The van der Waals surface area contributed by atoms with Crippen LogP contribution >= 0.6 is 11.6 Å². The first-order valence-corrected chi connectivity index (χ1v) is 16.3. The van der Waals surface area contributed by atoms with Crippen LogP contribution < -0.4 is 20.7 Å². The highest BCUT2D eigenvalue weighted by atomic mass is 35.5. The number of ether oxygens (including phenoxy) is 1. The normalized spacial score (nSPS) is 17.3. The number of sulfone groups is 1. The Kier molecular flexibility index (Phi) is 8.69. The number of carbonyl (C=O) groups is 2. The van der Waals surface area contributed by atoms with Crippen LogP contribution in [0.3, 0.4) is 0 Å². The van der Waals surface area contributed by atoms with Crippen LogP contribution in [0.4, 0.5) is 11.8 Å². The molecule has 2 aliphatic heterocycles.